The molecule has 1 aliphatic rings. The smallest absolute Gasteiger partial charge is 0.481 e. The molecule has 0 aliphatic carbocycles. The number of carboxylic acid groups (broad SMARTS) is 1. The minimum absolute atomic E-state index is 0.139. The van der Waals surface area contributed by atoms with Gasteiger partial charge in [0, 0.05) is 10.0 Å². The molecular weight excluding hydrogens is 431 g/mol. The third kappa shape index (κ3) is 6.05. The van der Waals surface area contributed by atoms with Crippen molar-refractivity contribution in [3.05, 3.63) is 28.2 Å². The highest BCUT2D eigenvalue weighted by Gasteiger charge is 2.32. The summed E-state index contributed by atoms with van der Waals surface area (Å²) in [5.41, 5.74) is 0.426. The van der Waals surface area contributed by atoms with Gasteiger partial charge in [-0.3, -0.25) is 9.59 Å². The largest absolute Gasteiger partial charge is 0.573 e. The number of halogens is 4. The average molecular weight is 440 g/mol. The molecule has 1 unspecified atom stereocenters. The normalized spacial score (nSPS) is 19.4. The van der Waals surface area contributed by atoms with Crippen LogP contribution in [0.4, 0.5) is 13.2 Å². The van der Waals surface area contributed by atoms with E-state index >= 15 is 0 Å². The third-order valence-corrected chi connectivity index (χ3v) is 4.45. The van der Waals surface area contributed by atoms with Crippen LogP contribution in [0.25, 0.3) is 0 Å². The van der Waals surface area contributed by atoms with Gasteiger partial charge in [0.1, 0.15) is 11.0 Å². The molecule has 1 amide bonds. The van der Waals surface area contributed by atoms with Gasteiger partial charge in [-0.05, 0) is 34.1 Å². The van der Waals surface area contributed by atoms with Gasteiger partial charge in [-0.15, -0.1) is 18.3 Å². The number of hydrogen-bond acceptors (Lipinski definition) is 6. The van der Waals surface area contributed by atoms with Gasteiger partial charge in [0.15, 0.2) is 5.17 Å². The van der Waals surface area contributed by atoms with Crippen LogP contribution in [0.2, 0.25) is 0 Å². The van der Waals surface area contributed by atoms with E-state index < -0.39 is 29.2 Å². The number of thioether (sulfide) groups is 1. The van der Waals surface area contributed by atoms with Gasteiger partial charge < -0.3 is 15.2 Å². The lowest BCUT2D eigenvalue weighted by molar-refractivity contribution is -0.274. The van der Waals surface area contributed by atoms with Gasteiger partial charge in [-0.1, -0.05) is 11.8 Å². The lowest BCUT2D eigenvalue weighted by Crippen LogP contribution is -2.26. The van der Waals surface area contributed by atoms with Crippen LogP contribution in [0.1, 0.15) is 12.0 Å². The standard InChI is InChI=1S/C13H9BrF3N3O4S/c14-8-3-7(24-13(15,16)17)2-1-6(8)5-18-20-12-19-11(23)9(25-12)4-10(21)22/h1-3,5,9H,4H2,(H,21,22)(H,19,20,23). The second-order valence-corrected chi connectivity index (χ2v) is 6.62. The van der Waals surface area contributed by atoms with Gasteiger partial charge in [0.25, 0.3) is 0 Å². The van der Waals surface area contributed by atoms with Crippen molar-refractivity contribution in [3.63, 3.8) is 0 Å². The van der Waals surface area contributed by atoms with Crippen molar-refractivity contribution in [2.24, 2.45) is 10.2 Å². The summed E-state index contributed by atoms with van der Waals surface area (Å²) in [4.78, 5) is 22.1. The molecule has 7 nitrogen and oxygen atoms in total. The van der Waals surface area contributed by atoms with Gasteiger partial charge in [-0.25, -0.2) is 0 Å². The summed E-state index contributed by atoms with van der Waals surface area (Å²) in [7, 11) is 0. The Morgan fingerprint density at radius 1 is 1.48 bits per heavy atom. The predicted octanol–water partition coefficient (Wildman–Crippen LogP) is 2.74. The SMILES string of the molecule is O=C(O)CC1SC(=NN=Cc2ccc(OC(F)(F)F)cc2Br)NC1=O. The Hall–Kier alpha value is -2.08. The fourth-order valence-corrected chi connectivity index (χ4v) is 3.07. The van der Waals surface area contributed by atoms with E-state index in [2.05, 4.69) is 36.2 Å². The minimum atomic E-state index is -4.79. The number of amidine groups is 1. The zero-order chi connectivity index (χ0) is 18.6. The van der Waals surface area contributed by atoms with E-state index in [1.165, 1.54) is 12.3 Å². The van der Waals surface area contributed by atoms with Crippen LogP contribution < -0.4 is 10.1 Å². The summed E-state index contributed by atoms with van der Waals surface area (Å²) in [5, 5.41) is 17.9. The first-order chi connectivity index (χ1) is 11.6. The number of carbonyl (C=O) groups excluding carboxylic acids is 1. The van der Waals surface area contributed by atoms with Crippen molar-refractivity contribution in [3.8, 4) is 5.75 Å². The Kier molecular flexibility index (Phi) is 6.06. The van der Waals surface area contributed by atoms with Gasteiger partial charge in [-0.2, -0.15) is 5.10 Å². The molecule has 0 saturated carbocycles. The number of alkyl halides is 3. The molecule has 0 radical (unpaired) electrons. The number of carboxylic acids is 1. The summed E-state index contributed by atoms with van der Waals surface area (Å²) in [5.74, 6) is -1.98. The fraction of sp³-hybridized carbons (Fsp3) is 0.231. The zero-order valence-corrected chi connectivity index (χ0v) is 14.5. The Labute approximate surface area is 151 Å². The van der Waals surface area contributed by atoms with Crippen molar-refractivity contribution in [1.82, 2.24) is 5.32 Å². The van der Waals surface area contributed by atoms with Crippen molar-refractivity contribution < 1.29 is 32.6 Å². The van der Waals surface area contributed by atoms with Crippen molar-refractivity contribution in [1.29, 1.82) is 0 Å². The molecule has 1 aromatic rings. The number of hydrogen-bond donors (Lipinski definition) is 2. The highest BCUT2D eigenvalue weighted by Crippen LogP contribution is 2.27. The Morgan fingerprint density at radius 2 is 2.20 bits per heavy atom. The quantitative estimate of drug-likeness (QED) is 0.542. The predicted molar refractivity (Wildman–Crippen MR) is 87.6 cm³/mol. The van der Waals surface area contributed by atoms with Crippen LogP contribution >= 0.6 is 27.7 Å². The molecule has 1 heterocycles. The van der Waals surface area contributed by atoms with Crippen LogP contribution in [-0.2, 0) is 9.59 Å². The molecule has 0 spiro atoms. The van der Waals surface area contributed by atoms with Gasteiger partial charge in [0.05, 0.1) is 12.6 Å². The highest BCUT2D eigenvalue weighted by atomic mass is 79.9. The number of carbonyl (C=O) groups is 2. The van der Waals surface area contributed by atoms with E-state index in [1.54, 1.807) is 0 Å². The molecule has 1 aliphatic heterocycles. The number of nitrogens with one attached hydrogen (secondary N) is 1. The first-order valence-corrected chi connectivity index (χ1v) is 8.17. The fourth-order valence-electron chi connectivity index (χ4n) is 1.70. The summed E-state index contributed by atoms with van der Waals surface area (Å²) >= 11 is 4.02. The number of nitrogens with zero attached hydrogens (tertiary/aromatic N) is 2. The van der Waals surface area contributed by atoms with E-state index in [9.17, 15) is 22.8 Å². The number of rotatable bonds is 5. The second kappa shape index (κ2) is 7.87. The van der Waals surface area contributed by atoms with Gasteiger partial charge >= 0.3 is 12.3 Å². The van der Waals surface area contributed by atoms with E-state index in [4.69, 9.17) is 5.11 Å². The van der Waals surface area contributed by atoms with Crippen LogP contribution in [0, 0.1) is 0 Å². The van der Waals surface area contributed by atoms with Crippen LogP contribution in [0.5, 0.6) is 5.75 Å². The van der Waals surface area contributed by atoms with Crippen LogP contribution in [0.3, 0.4) is 0 Å². The van der Waals surface area contributed by atoms with E-state index in [-0.39, 0.29) is 11.6 Å². The monoisotopic (exact) mass is 439 g/mol. The average Bonchev–Trinajstić information content (AvgIpc) is 2.79. The molecule has 0 bridgehead atoms. The summed E-state index contributed by atoms with van der Waals surface area (Å²) in [6.45, 7) is 0. The van der Waals surface area contributed by atoms with E-state index in [1.807, 2.05) is 0 Å². The Morgan fingerprint density at radius 3 is 2.80 bits per heavy atom. The first-order valence-electron chi connectivity index (χ1n) is 6.49. The lowest BCUT2D eigenvalue weighted by Gasteiger charge is -2.09. The van der Waals surface area contributed by atoms with Crippen molar-refractivity contribution in [2.75, 3.05) is 0 Å². The van der Waals surface area contributed by atoms with E-state index in [0.717, 1.165) is 23.9 Å². The molecule has 0 aromatic heterocycles. The maximum absolute atomic E-state index is 12.1. The topological polar surface area (TPSA) is 100 Å². The number of aliphatic carboxylic acids is 1. The molecule has 25 heavy (non-hydrogen) atoms. The highest BCUT2D eigenvalue weighted by molar-refractivity contribution is 9.10. The first kappa shape index (κ1) is 19.2. The molecule has 1 saturated heterocycles. The maximum Gasteiger partial charge on any atom is 0.573 e. The van der Waals surface area contributed by atoms with Crippen molar-refractivity contribution >= 4 is 51.0 Å². The minimum Gasteiger partial charge on any atom is -0.481 e. The maximum atomic E-state index is 12.1. The van der Waals surface area contributed by atoms with Crippen LogP contribution in [-0.4, -0.2) is 40.0 Å². The molecule has 1 fully saturated rings. The Balaban J connectivity index is 2.02. The second-order valence-electron chi connectivity index (χ2n) is 4.57. The van der Waals surface area contributed by atoms with Gasteiger partial charge in [0.2, 0.25) is 5.91 Å². The molecule has 2 N–H and O–H groups in total. The molecule has 134 valence electrons. The van der Waals surface area contributed by atoms with Crippen LogP contribution in [0.15, 0.2) is 32.9 Å². The Bertz CT molecular complexity index is 755. The zero-order valence-electron chi connectivity index (χ0n) is 12.1. The summed E-state index contributed by atoms with van der Waals surface area (Å²) in [6, 6.07) is 3.57. The number of amides is 1. The van der Waals surface area contributed by atoms with E-state index in [0.29, 0.717) is 10.0 Å². The number of benzene rings is 1. The molecule has 12 heteroatoms. The molecule has 2 rings (SSSR count). The molecule has 1 atom stereocenters. The van der Waals surface area contributed by atoms with Crippen molar-refractivity contribution in [2.45, 2.75) is 18.0 Å². The molecular formula is C13H9BrF3N3O4S. The summed E-state index contributed by atoms with van der Waals surface area (Å²) < 4.78 is 40.5. The number of ether oxygens (including phenoxy) is 1. The lowest BCUT2D eigenvalue weighted by atomic mass is 10.2. The summed E-state index contributed by atoms with van der Waals surface area (Å²) in [6.07, 6.45) is -3.87. The third-order valence-electron chi connectivity index (χ3n) is 2.69. The molecule has 1 aromatic carbocycles.